The number of carbonyl (C=O) groups excluding carboxylic acids is 5. The second kappa shape index (κ2) is 6.58. The Morgan fingerprint density at radius 1 is 0.967 bits per heavy atom. The van der Waals surface area contributed by atoms with E-state index in [1.54, 1.807) is 12.1 Å². The molecule has 0 aliphatic carbocycles. The summed E-state index contributed by atoms with van der Waals surface area (Å²) in [6.45, 7) is -0.473. The lowest BCUT2D eigenvalue weighted by molar-refractivity contribution is -0.140. The van der Waals surface area contributed by atoms with Crippen molar-refractivity contribution in [3.8, 4) is 0 Å². The Morgan fingerprint density at radius 3 is 2.40 bits per heavy atom. The summed E-state index contributed by atoms with van der Waals surface area (Å²) in [4.78, 5) is 64.2. The lowest BCUT2D eigenvalue weighted by atomic mass is 9.95. The van der Waals surface area contributed by atoms with Gasteiger partial charge in [-0.1, -0.05) is 30.3 Å². The number of benzene rings is 2. The number of ketones is 1. The number of imide groups is 2. The molecule has 2 saturated heterocycles. The molecular weight excluding hydrogens is 388 g/mol. The normalized spacial score (nSPS) is 23.3. The maximum absolute atomic E-state index is 13.1. The molecule has 0 radical (unpaired) electrons. The molecule has 2 aromatic rings. The van der Waals surface area contributed by atoms with Crippen molar-refractivity contribution < 1.29 is 24.0 Å². The van der Waals surface area contributed by atoms with Crippen molar-refractivity contribution in [2.45, 2.75) is 18.9 Å². The zero-order valence-electron chi connectivity index (χ0n) is 15.7. The number of hydrazone groups is 1. The van der Waals surface area contributed by atoms with Gasteiger partial charge < -0.3 is 0 Å². The number of hydrogen-bond donors (Lipinski definition) is 1. The highest BCUT2D eigenvalue weighted by Crippen LogP contribution is 2.32. The molecule has 9 nitrogen and oxygen atoms in total. The quantitative estimate of drug-likeness (QED) is 0.737. The van der Waals surface area contributed by atoms with Crippen LogP contribution in [0.15, 0.2) is 47.6 Å². The van der Waals surface area contributed by atoms with Gasteiger partial charge in [0.2, 0.25) is 17.7 Å². The van der Waals surface area contributed by atoms with Crippen molar-refractivity contribution in [2.75, 3.05) is 11.4 Å². The van der Waals surface area contributed by atoms with Gasteiger partial charge in [0.25, 0.3) is 5.91 Å². The molecular formula is C21H16N4O5. The first-order valence-corrected chi connectivity index (χ1v) is 9.52. The summed E-state index contributed by atoms with van der Waals surface area (Å²) < 4.78 is 0. The van der Waals surface area contributed by atoms with E-state index in [-0.39, 0.29) is 18.6 Å². The van der Waals surface area contributed by atoms with Gasteiger partial charge in [-0.25, -0.2) is 4.90 Å². The van der Waals surface area contributed by atoms with E-state index in [2.05, 4.69) is 10.5 Å². The van der Waals surface area contributed by atoms with Gasteiger partial charge in [-0.2, -0.15) is 5.10 Å². The Morgan fingerprint density at radius 2 is 1.67 bits per heavy atom. The van der Waals surface area contributed by atoms with Crippen LogP contribution in [0.5, 0.6) is 0 Å². The third-order valence-electron chi connectivity index (χ3n) is 5.66. The molecule has 2 atom stereocenters. The Bertz CT molecular complexity index is 1170. The summed E-state index contributed by atoms with van der Waals surface area (Å²) in [6.07, 6.45) is 0.131. The molecule has 0 spiro atoms. The summed E-state index contributed by atoms with van der Waals surface area (Å²) in [5.41, 5.74) is 2.86. The van der Waals surface area contributed by atoms with Crippen molar-refractivity contribution in [1.82, 2.24) is 10.3 Å². The second-order valence-corrected chi connectivity index (χ2v) is 7.42. The second-order valence-electron chi connectivity index (χ2n) is 7.42. The largest absolute Gasteiger partial charge is 0.296 e. The van der Waals surface area contributed by atoms with E-state index < -0.39 is 47.9 Å². The number of nitrogens with zero attached hydrogens (tertiary/aromatic N) is 3. The number of anilines is 1. The van der Waals surface area contributed by atoms with Crippen LogP contribution in [0, 0.1) is 5.92 Å². The van der Waals surface area contributed by atoms with E-state index in [4.69, 9.17) is 0 Å². The van der Waals surface area contributed by atoms with Crippen LogP contribution >= 0.6 is 0 Å². The van der Waals surface area contributed by atoms with Crippen molar-refractivity contribution in [3.05, 3.63) is 42.5 Å². The van der Waals surface area contributed by atoms with Crippen LogP contribution in [0.1, 0.15) is 12.8 Å². The van der Waals surface area contributed by atoms with Crippen molar-refractivity contribution in [3.63, 3.8) is 0 Å². The van der Waals surface area contributed by atoms with Crippen LogP contribution in [-0.4, -0.2) is 52.6 Å². The highest BCUT2D eigenvalue weighted by atomic mass is 16.2. The van der Waals surface area contributed by atoms with E-state index in [1.807, 2.05) is 30.3 Å². The van der Waals surface area contributed by atoms with Gasteiger partial charge >= 0.3 is 0 Å². The fourth-order valence-electron chi connectivity index (χ4n) is 4.12. The molecule has 2 aromatic carbocycles. The molecule has 2 fully saturated rings. The summed E-state index contributed by atoms with van der Waals surface area (Å²) in [7, 11) is 0. The molecule has 0 aromatic heterocycles. The number of amides is 4. The van der Waals surface area contributed by atoms with Crippen molar-refractivity contribution in [2.24, 2.45) is 11.0 Å². The molecule has 1 N–H and O–H groups in total. The van der Waals surface area contributed by atoms with Crippen LogP contribution in [0.4, 0.5) is 5.69 Å². The van der Waals surface area contributed by atoms with Gasteiger partial charge in [0.15, 0.2) is 5.78 Å². The molecule has 0 saturated carbocycles. The standard InChI is InChI=1S/C21H16N4O5/c26-14(10-24-15(27)7-8-16(24)28)18-17-19(23-22-18)21(30)25(20(17)29)13-6-5-11-3-1-2-4-12(11)9-13/h1-6,9,17,19,23H,7-8,10H2. The molecule has 4 amide bonds. The monoisotopic (exact) mass is 404 g/mol. The minimum Gasteiger partial charge on any atom is -0.296 e. The maximum Gasteiger partial charge on any atom is 0.259 e. The molecule has 3 aliphatic rings. The fourth-order valence-corrected chi connectivity index (χ4v) is 4.12. The zero-order chi connectivity index (χ0) is 21.0. The van der Waals surface area contributed by atoms with Gasteiger partial charge in [-0.3, -0.25) is 34.3 Å². The number of Topliss-reactive ketones (excluding diaryl/α,β-unsaturated/α-hetero) is 1. The number of fused-ring (bicyclic) bond motifs is 2. The minimum atomic E-state index is -1.08. The maximum atomic E-state index is 13.1. The predicted octanol–water partition coefficient (Wildman–Crippen LogP) is 0.375. The Balaban J connectivity index is 1.42. The number of likely N-dealkylation sites (tertiary alicyclic amines) is 1. The van der Waals surface area contributed by atoms with E-state index in [0.717, 1.165) is 20.6 Å². The summed E-state index contributed by atoms with van der Waals surface area (Å²) >= 11 is 0. The predicted molar refractivity (Wildman–Crippen MR) is 105 cm³/mol. The highest BCUT2D eigenvalue weighted by molar-refractivity contribution is 6.49. The van der Waals surface area contributed by atoms with Crippen molar-refractivity contribution in [1.29, 1.82) is 0 Å². The van der Waals surface area contributed by atoms with E-state index >= 15 is 0 Å². The van der Waals surface area contributed by atoms with Gasteiger partial charge in [-0.15, -0.1) is 0 Å². The third kappa shape index (κ3) is 2.62. The SMILES string of the molecule is O=C(CN1C(=O)CCC1=O)C1=NNC2C(=O)N(c3ccc4ccccc4c3)C(=O)C12. The van der Waals surface area contributed by atoms with Crippen LogP contribution in [0.25, 0.3) is 10.8 Å². The van der Waals surface area contributed by atoms with Crippen LogP contribution in [0.3, 0.4) is 0 Å². The number of rotatable bonds is 4. The third-order valence-corrected chi connectivity index (χ3v) is 5.66. The highest BCUT2D eigenvalue weighted by Gasteiger charge is 2.55. The lowest BCUT2D eigenvalue weighted by Gasteiger charge is -2.17. The molecule has 2 unspecified atom stereocenters. The summed E-state index contributed by atoms with van der Waals surface area (Å²) in [5.74, 6) is -3.62. The van der Waals surface area contributed by atoms with Crippen LogP contribution in [0.2, 0.25) is 0 Å². The first kappa shape index (κ1) is 18.2. The topological polar surface area (TPSA) is 116 Å². The Labute approximate surface area is 170 Å². The zero-order valence-corrected chi connectivity index (χ0v) is 15.7. The molecule has 5 rings (SSSR count). The van der Waals surface area contributed by atoms with E-state index in [9.17, 15) is 24.0 Å². The van der Waals surface area contributed by atoms with Gasteiger partial charge in [0, 0.05) is 12.8 Å². The first-order chi connectivity index (χ1) is 14.5. The van der Waals surface area contributed by atoms with Gasteiger partial charge in [-0.05, 0) is 22.9 Å². The molecule has 3 aliphatic heterocycles. The van der Waals surface area contributed by atoms with E-state index in [0.29, 0.717) is 5.69 Å². The number of carbonyl (C=O) groups is 5. The van der Waals surface area contributed by atoms with Gasteiger partial charge in [0.1, 0.15) is 17.7 Å². The minimum absolute atomic E-state index is 0.0655. The fraction of sp³-hybridized carbons (Fsp3) is 0.238. The number of hydrogen-bond acceptors (Lipinski definition) is 7. The summed E-state index contributed by atoms with van der Waals surface area (Å²) in [6, 6.07) is 11.8. The lowest BCUT2D eigenvalue weighted by Crippen LogP contribution is -2.41. The van der Waals surface area contributed by atoms with Crippen molar-refractivity contribution >= 4 is 51.6 Å². The molecule has 9 heteroatoms. The molecule has 30 heavy (non-hydrogen) atoms. The summed E-state index contributed by atoms with van der Waals surface area (Å²) in [5, 5.41) is 5.73. The van der Waals surface area contributed by atoms with Gasteiger partial charge in [0.05, 0.1) is 12.2 Å². The van der Waals surface area contributed by atoms with E-state index in [1.165, 1.54) is 0 Å². The first-order valence-electron chi connectivity index (χ1n) is 9.52. The Hall–Kier alpha value is -3.88. The average molecular weight is 404 g/mol. The number of nitrogens with one attached hydrogen (secondary N) is 1. The molecule has 0 bridgehead atoms. The average Bonchev–Trinajstić information content (AvgIpc) is 3.39. The molecule has 3 heterocycles. The smallest absolute Gasteiger partial charge is 0.259 e. The Kier molecular flexibility index (Phi) is 3.99. The van der Waals surface area contributed by atoms with Crippen LogP contribution in [-0.2, 0) is 24.0 Å². The molecule has 150 valence electrons. The van der Waals surface area contributed by atoms with Crippen LogP contribution < -0.4 is 10.3 Å².